The first-order chi connectivity index (χ1) is 12.7. The van der Waals surface area contributed by atoms with Gasteiger partial charge in [0.05, 0.1) is 12.2 Å². The number of hydrogen-bond acceptors (Lipinski definition) is 4. The second-order valence-corrected chi connectivity index (χ2v) is 5.64. The van der Waals surface area contributed by atoms with E-state index in [0.717, 1.165) is 11.3 Å². The van der Waals surface area contributed by atoms with E-state index >= 15 is 0 Å². The molecule has 26 heavy (non-hydrogen) atoms. The average molecular weight is 347 g/mol. The number of amides is 1. The summed E-state index contributed by atoms with van der Waals surface area (Å²) in [7, 11) is 0. The van der Waals surface area contributed by atoms with Crippen molar-refractivity contribution in [3.05, 3.63) is 84.5 Å². The molecule has 0 spiro atoms. The van der Waals surface area contributed by atoms with E-state index in [9.17, 15) is 9.18 Å². The number of hydrogen-bond donors (Lipinski definition) is 1. The summed E-state index contributed by atoms with van der Waals surface area (Å²) in [6.07, 6.45) is 6.64. The minimum Gasteiger partial charge on any atom is -0.345 e. The molecular formula is C19H14FN5O. The maximum atomic E-state index is 13.2. The van der Waals surface area contributed by atoms with Crippen LogP contribution < -0.4 is 5.32 Å². The number of pyridine rings is 1. The number of carbonyl (C=O) groups excluding carboxylic acids is 1. The maximum absolute atomic E-state index is 13.2. The lowest BCUT2D eigenvalue weighted by Crippen LogP contribution is -2.23. The third kappa shape index (κ3) is 3.14. The predicted octanol–water partition coefficient (Wildman–Crippen LogP) is 2.86. The molecule has 0 saturated carbocycles. The Morgan fingerprint density at radius 3 is 2.69 bits per heavy atom. The second-order valence-electron chi connectivity index (χ2n) is 5.64. The molecule has 0 aliphatic carbocycles. The maximum Gasteiger partial charge on any atom is 0.271 e. The van der Waals surface area contributed by atoms with Crippen LogP contribution in [0.1, 0.15) is 16.2 Å². The van der Waals surface area contributed by atoms with Gasteiger partial charge in [-0.25, -0.2) is 9.37 Å². The van der Waals surface area contributed by atoms with Crippen molar-refractivity contribution in [2.75, 3.05) is 0 Å². The highest BCUT2D eigenvalue weighted by atomic mass is 19.1. The van der Waals surface area contributed by atoms with E-state index < -0.39 is 0 Å². The Labute approximate surface area is 148 Å². The van der Waals surface area contributed by atoms with E-state index in [-0.39, 0.29) is 17.4 Å². The molecule has 3 aromatic heterocycles. The van der Waals surface area contributed by atoms with Crippen LogP contribution in [0.3, 0.4) is 0 Å². The Balaban J connectivity index is 1.62. The van der Waals surface area contributed by atoms with Gasteiger partial charge in [0.15, 0.2) is 5.65 Å². The van der Waals surface area contributed by atoms with Crippen LogP contribution in [-0.4, -0.2) is 25.3 Å². The van der Waals surface area contributed by atoms with Crippen LogP contribution in [0.2, 0.25) is 0 Å². The van der Waals surface area contributed by atoms with Crippen molar-refractivity contribution in [1.29, 1.82) is 0 Å². The van der Waals surface area contributed by atoms with Gasteiger partial charge in [-0.05, 0) is 36.4 Å². The number of nitrogens with zero attached hydrogens (tertiary/aromatic N) is 4. The minimum absolute atomic E-state index is 0.275. The normalized spacial score (nSPS) is 10.8. The molecule has 4 aromatic rings. The number of rotatable bonds is 4. The Kier molecular flexibility index (Phi) is 4.10. The zero-order valence-electron chi connectivity index (χ0n) is 13.6. The average Bonchev–Trinajstić information content (AvgIpc) is 3.12. The van der Waals surface area contributed by atoms with Gasteiger partial charge in [-0.15, -0.1) is 0 Å². The first-order valence-electron chi connectivity index (χ1n) is 7.98. The molecule has 1 aromatic carbocycles. The zero-order chi connectivity index (χ0) is 17.9. The number of nitrogens with one attached hydrogen (secondary N) is 1. The fourth-order valence-corrected chi connectivity index (χ4v) is 2.60. The summed E-state index contributed by atoms with van der Waals surface area (Å²) in [6.45, 7) is 0.316. The topological polar surface area (TPSA) is 72.2 Å². The molecule has 0 radical (unpaired) electrons. The molecule has 0 aliphatic rings. The van der Waals surface area contributed by atoms with Gasteiger partial charge < -0.3 is 9.72 Å². The summed E-state index contributed by atoms with van der Waals surface area (Å²) in [5.74, 6) is -0.622. The summed E-state index contributed by atoms with van der Waals surface area (Å²) in [5.41, 5.74) is 2.87. The largest absolute Gasteiger partial charge is 0.345 e. The van der Waals surface area contributed by atoms with Crippen molar-refractivity contribution in [2.24, 2.45) is 0 Å². The van der Waals surface area contributed by atoms with Crippen LogP contribution in [0.15, 0.2) is 67.3 Å². The molecule has 0 saturated heterocycles. The molecule has 0 bridgehead atoms. The Bertz CT molecular complexity index is 1060. The summed E-state index contributed by atoms with van der Waals surface area (Å²) < 4.78 is 14.9. The second kappa shape index (κ2) is 6.72. The van der Waals surface area contributed by atoms with Crippen molar-refractivity contribution in [1.82, 2.24) is 24.7 Å². The fourth-order valence-electron chi connectivity index (χ4n) is 2.60. The van der Waals surface area contributed by atoms with E-state index in [4.69, 9.17) is 0 Å². The summed E-state index contributed by atoms with van der Waals surface area (Å²) in [5, 5.41) is 2.80. The zero-order valence-corrected chi connectivity index (χ0v) is 13.6. The third-order valence-electron chi connectivity index (χ3n) is 3.88. The molecule has 0 aliphatic heterocycles. The Morgan fingerprint density at radius 2 is 1.92 bits per heavy atom. The van der Waals surface area contributed by atoms with Gasteiger partial charge in [0.25, 0.3) is 5.91 Å². The van der Waals surface area contributed by atoms with Crippen molar-refractivity contribution >= 4 is 11.6 Å². The van der Waals surface area contributed by atoms with Gasteiger partial charge in [-0.3, -0.25) is 14.8 Å². The van der Waals surface area contributed by atoms with Gasteiger partial charge in [0.1, 0.15) is 17.2 Å². The van der Waals surface area contributed by atoms with E-state index in [0.29, 0.717) is 17.9 Å². The number of benzene rings is 1. The van der Waals surface area contributed by atoms with Gasteiger partial charge in [0, 0.05) is 30.4 Å². The highest BCUT2D eigenvalue weighted by molar-refractivity contribution is 5.93. The molecule has 7 heteroatoms. The summed E-state index contributed by atoms with van der Waals surface area (Å²) in [4.78, 5) is 25.3. The fraction of sp³-hybridized carbons (Fsp3) is 0.0526. The minimum atomic E-state index is -0.321. The number of imidazole rings is 1. The van der Waals surface area contributed by atoms with Crippen LogP contribution >= 0.6 is 0 Å². The van der Waals surface area contributed by atoms with Gasteiger partial charge in [-0.2, -0.15) is 0 Å². The smallest absolute Gasteiger partial charge is 0.271 e. The van der Waals surface area contributed by atoms with Crippen LogP contribution in [0.25, 0.3) is 16.9 Å². The molecule has 3 heterocycles. The lowest BCUT2D eigenvalue weighted by molar-refractivity contribution is 0.0946. The lowest BCUT2D eigenvalue weighted by atomic mass is 10.1. The number of carbonyl (C=O) groups is 1. The molecule has 0 fully saturated rings. The van der Waals surface area contributed by atoms with Crippen LogP contribution in [0, 0.1) is 5.82 Å². The first kappa shape index (κ1) is 15.9. The van der Waals surface area contributed by atoms with Gasteiger partial charge in [0.2, 0.25) is 0 Å². The monoisotopic (exact) mass is 347 g/mol. The molecule has 1 amide bonds. The quantitative estimate of drug-likeness (QED) is 0.616. The van der Waals surface area contributed by atoms with E-state index in [1.807, 2.05) is 18.2 Å². The van der Waals surface area contributed by atoms with Crippen molar-refractivity contribution in [3.63, 3.8) is 0 Å². The molecule has 1 N–H and O–H groups in total. The predicted molar refractivity (Wildman–Crippen MR) is 93.8 cm³/mol. The van der Waals surface area contributed by atoms with Gasteiger partial charge in [-0.1, -0.05) is 6.07 Å². The number of fused-ring (bicyclic) bond motifs is 1. The summed E-state index contributed by atoms with van der Waals surface area (Å²) >= 11 is 0. The summed E-state index contributed by atoms with van der Waals surface area (Å²) in [6, 6.07) is 11.5. The number of aromatic nitrogens is 4. The van der Waals surface area contributed by atoms with Crippen molar-refractivity contribution < 1.29 is 9.18 Å². The van der Waals surface area contributed by atoms with Gasteiger partial charge >= 0.3 is 0 Å². The van der Waals surface area contributed by atoms with Crippen molar-refractivity contribution in [2.45, 2.75) is 6.54 Å². The van der Waals surface area contributed by atoms with E-state index in [1.165, 1.54) is 12.1 Å². The Morgan fingerprint density at radius 1 is 1.08 bits per heavy atom. The molecule has 0 atom stereocenters. The van der Waals surface area contributed by atoms with E-state index in [2.05, 4.69) is 20.3 Å². The van der Waals surface area contributed by atoms with Crippen LogP contribution in [0.5, 0.6) is 0 Å². The van der Waals surface area contributed by atoms with E-state index in [1.54, 1.807) is 41.3 Å². The molecule has 0 unspecified atom stereocenters. The van der Waals surface area contributed by atoms with Crippen molar-refractivity contribution in [3.8, 4) is 11.3 Å². The Hall–Kier alpha value is -3.61. The SMILES string of the molecule is O=C(NCc1ccccn1)c1cn2ccnc(-c3ccc(F)cc3)c2n1. The molecule has 128 valence electrons. The molecular weight excluding hydrogens is 333 g/mol. The first-order valence-corrected chi connectivity index (χ1v) is 7.98. The van der Waals surface area contributed by atoms with Crippen LogP contribution in [-0.2, 0) is 6.54 Å². The molecule has 4 rings (SSSR count). The number of halogens is 1. The highest BCUT2D eigenvalue weighted by Crippen LogP contribution is 2.22. The lowest BCUT2D eigenvalue weighted by Gasteiger charge is -2.02. The standard InChI is InChI=1S/C19H14FN5O/c20-14-6-4-13(5-7-14)17-18-24-16(12-25(18)10-9-22-17)19(26)23-11-15-3-1-2-8-21-15/h1-10,12H,11H2,(H,23,26). The third-order valence-corrected chi connectivity index (χ3v) is 3.88. The molecule has 6 nitrogen and oxygen atoms in total. The highest BCUT2D eigenvalue weighted by Gasteiger charge is 2.14. The van der Waals surface area contributed by atoms with Crippen LogP contribution in [0.4, 0.5) is 4.39 Å².